The average Bonchev–Trinajstić information content (AvgIpc) is 3.56. The van der Waals surface area contributed by atoms with E-state index in [9.17, 15) is 18.3 Å². The minimum Gasteiger partial charge on any atom is -0.497 e. The molecule has 39 heavy (non-hydrogen) atoms. The lowest BCUT2D eigenvalue weighted by Crippen LogP contribution is -2.51. The van der Waals surface area contributed by atoms with Crippen LogP contribution in [0.5, 0.6) is 5.75 Å². The fraction of sp³-hybridized carbons (Fsp3) is 0.481. The quantitative estimate of drug-likeness (QED) is 0.399. The van der Waals surface area contributed by atoms with Crippen LogP contribution in [0, 0.1) is 17.2 Å². The highest BCUT2D eigenvalue weighted by Gasteiger charge is 2.44. The van der Waals surface area contributed by atoms with E-state index in [-0.39, 0.29) is 49.6 Å². The molecular weight excluding hydrogens is 526 g/mol. The zero-order valence-corrected chi connectivity index (χ0v) is 22.5. The maximum atomic E-state index is 13.4. The predicted octanol–water partition coefficient (Wildman–Crippen LogP) is 2.06. The van der Waals surface area contributed by atoms with E-state index in [0.717, 1.165) is 16.3 Å². The number of hydrogen-bond donors (Lipinski definition) is 2. The summed E-state index contributed by atoms with van der Waals surface area (Å²) in [6.45, 7) is 0.274. The van der Waals surface area contributed by atoms with E-state index >= 15 is 0 Å². The lowest BCUT2D eigenvalue weighted by Gasteiger charge is -2.30. The second-order valence-electron chi connectivity index (χ2n) is 9.42. The van der Waals surface area contributed by atoms with Crippen molar-refractivity contribution in [3.8, 4) is 11.8 Å². The van der Waals surface area contributed by atoms with Crippen LogP contribution in [0.1, 0.15) is 18.4 Å². The van der Waals surface area contributed by atoms with Gasteiger partial charge in [0.1, 0.15) is 11.9 Å². The number of ether oxygens (including phenoxy) is 4. The third-order valence-electron chi connectivity index (χ3n) is 6.87. The highest BCUT2D eigenvalue weighted by Crippen LogP contribution is 2.33. The summed E-state index contributed by atoms with van der Waals surface area (Å²) in [5.41, 5.74) is 0.830. The molecule has 2 saturated heterocycles. The topological polar surface area (TPSA) is 147 Å². The Labute approximate surface area is 228 Å². The number of sulfonamides is 1. The summed E-state index contributed by atoms with van der Waals surface area (Å²) in [7, 11) is -2.59. The van der Waals surface area contributed by atoms with Gasteiger partial charge in [-0.05, 0) is 42.7 Å². The Morgan fingerprint density at radius 3 is 2.64 bits per heavy atom. The second-order valence-corrected chi connectivity index (χ2v) is 11.4. The maximum Gasteiger partial charge on any atom is 0.407 e. The summed E-state index contributed by atoms with van der Waals surface area (Å²) in [5, 5.41) is 23.1. The summed E-state index contributed by atoms with van der Waals surface area (Å²) in [6, 6.07) is 16.1. The van der Waals surface area contributed by atoms with Crippen LogP contribution in [0.15, 0.2) is 59.5 Å². The predicted molar refractivity (Wildman–Crippen MR) is 139 cm³/mol. The van der Waals surface area contributed by atoms with Crippen molar-refractivity contribution in [2.75, 3.05) is 33.4 Å². The molecular formula is C27H33N3O8S. The Kier molecular flexibility index (Phi) is 9.77. The summed E-state index contributed by atoms with van der Waals surface area (Å²) in [5.74, 6) is 0.440. The Hall–Kier alpha value is -3.21. The van der Waals surface area contributed by atoms with E-state index in [2.05, 4.69) is 5.32 Å². The van der Waals surface area contributed by atoms with Crippen molar-refractivity contribution in [1.82, 2.24) is 9.62 Å². The minimum absolute atomic E-state index is 0.00464. The van der Waals surface area contributed by atoms with Crippen molar-refractivity contribution >= 4 is 16.1 Å². The molecule has 2 aromatic carbocycles. The van der Waals surface area contributed by atoms with Gasteiger partial charge in [0.2, 0.25) is 10.0 Å². The molecule has 4 rings (SSSR count). The number of fused-ring (bicyclic) bond motifs is 1. The van der Waals surface area contributed by atoms with Crippen LogP contribution in [-0.2, 0) is 30.7 Å². The monoisotopic (exact) mass is 559 g/mol. The lowest BCUT2D eigenvalue weighted by atomic mass is 10.0. The van der Waals surface area contributed by atoms with Crippen LogP contribution in [0.25, 0.3) is 0 Å². The summed E-state index contributed by atoms with van der Waals surface area (Å²) in [4.78, 5) is 12.9. The molecule has 2 aliphatic rings. The van der Waals surface area contributed by atoms with Gasteiger partial charge in [0.05, 0.1) is 49.4 Å². The summed E-state index contributed by atoms with van der Waals surface area (Å²) in [6.07, 6.45) is -2.05. The van der Waals surface area contributed by atoms with Crippen molar-refractivity contribution in [3.05, 3.63) is 60.2 Å². The molecule has 5 atom stereocenters. The van der Waals surface area contributed by atoms with Crippen molar-refractivity contribution in [1.29, 1.82) is 5.26 Å². The number of nitrogens with zero attached hydrogens (tertiary/aromatic N) is 2. The van der Waals surface area contributed by atoms with Crippen LogP contribution >= 0.6 is 0 Å². The molecule has 2 fully saturated rings. The van der Waals surface area contributed by atoms with E-state index in [1.165, 1.54) is 31.4 Å². The maximum absolute atomic E-state index is 13.4. The number of nitriles is 1. The molecule has 0 spiro atoms. The number of benzene rings is 2. The smallest absolute Gasteiger partial charge is 0.407 e. The largest absolute Gasteiger partial charge is 0.497 e. The summed E-state index contributed by atoms with van der Waals surface area (Å²) >= 11 is 0. The van der Waals surface area contributed by atoms with E-state index in [1.54, 1.807) is 0 Å². The zero-order valence-electron chi connectivity index (χ0n) is 21.6. The fourth-order valence-corrected chi connectivity index (χ4v) is 6.20. The van der Waals surface area contributed by atoms with Crippen LogP contribution < -0.4 is 10.1 Å². The lowest BCUT2D eigenvalue weighted by molar-refractivity contribution is -0.0907. The molecule has 2 aliphatic heterocycles. The molecule has 1 amide bonds. The summed E-state index contributed by atoms with van der Waals surface area (Å²) < 4.78 is 49.7. The first-order valence-corrected chi connectivity index (χ1v) is 14.2. The zero-order chi connectivity index (χ0) is 27.8. The van der Waals surface area contributed by atoms with Crippen LogP contribution in [0.2, 0.25) is 0 Å². The molecule has 0 aliphatic carbocycles. The van der Waals surface area contributed by atoms with E-state index in [4.69, 9.17) is 24.2 Å². The highest BCUT2D eigenvalue weighted by atomic mass is 32.2. The highest BCUT2D eigenvalue weighted by molar-refractivity contribution is 7.89. The van der Waals surface area contributed by atoms with Gasteiger partial charge in [-0.25, -0.2) is 13.2 Å². The number of amides is 1. The Bertz CT molecular complexity index is 1240. The van der Waals surface area contributed by atoms with Gasteiger partial charge in [0.25, 0.3) is 0 Å². The fourth-order valence-electron chi connectivity index (χ4n) is 4.74. The standard InChI is InChI=1S/C27H33N3O8S/c1-35-20-8-10-21(11-9-20)39(33,34)30(14-5-13-28)17-24(31)23(16-19-6-3-2-4-7-19)29-27(32)38-25-18-37-26-22(25)12-15-36-26/h2-4,6-11,22-26,31H,5,12,14-18H2,1H3,(H,29,32)/t22-,23-,24+,25-,26+/m0/s1. The van der Waals surface area contributed by atoms with E-state index < -0.39 is 34.4 Å². The van der Waals surface area contributed by atoms with Gasteiger partial charge in [-0.15, -0.1) is 0 Å². The number of carbonyl (C=O) groups excluding carboxylic acids is 1. The van der Waals surface area contributed by atoms with Gasteiger partial charge >= 0.3 is 6.09 Å². The first-order valence-electron chi connectivity index (χ1n) is 12.8. The number of carbonyl (C=O) groups is 1. The number of nitrogens with one attached hydrogen (secondary N) is 1. The van der Waals surface area contributed by atoms with Crippen LogP contribution in [-0.4, -0.2) is 81.9 Å². The van der Waals surface area contributed by atoms with E-state index in [0.29, 0.717) is 12.4 Å². The number of aliphatic hydroxyl groups is 1. The first kappa shape index (κ1) is 28.8. The van der Waals surface area contributed by atoms with Gasteiger partial charge in [0.15, 0.2) is 6.29 Å². The third kappa shape index (κ3) is 7.26. The molecule has 0 bridgehead atoms. The number of alkyl carbamates (subject to hydrolysis) is 1. The number of methoxy groups -OCH3 is 1. The van der Waals surface area contributed by atoms with Gasteiger partial charge in [-0.3, -0.25) is 0 Å². The third-order valence-corrected chi connectivity index (χ3v) is 8.75. The molecule has 2 aromatic rings. The Morgan fingerprint density at radius 1 is 1.21 bits per heavy atom. The Balaban J connectivity index is 1.50. The van der Waals surface area contributed by atoms with Gasteiger partial charge in [-0.2, -0.15) is 9.57 Å². The van der Waals surface area contributed by atoms with Crippen LogP contribution in [0.4, 0.5) is 4.79 Å². The molecule has 2 N–H and O–H groups in total. The van der Waals surface area contributed by atoms with Crippen molar-refractivity contribution in [2.24, 2.45) is 5.92 Å². The van der Waals surface area contributed by atoms with E-state index in [1.807, 2.05) is 36.4 Å². The minimum atomic E-state index is -4.06. The van der Waals surface area contributed by atoms with Crippen molar-refractivity contribution in [2.45, 2.75) is 48.7 Å². The molecule has 0 unspecified atom stereocenters. The van der Waals surface area contributed by atoms with Gasteiger partial charge in [0, 0.05) is 19.5 Å². The molecule has 12 heteroatoms. The molecule has 2 heterocycles. The SMILES string of the molecule is COc1ccc(S(=O)(=O)N(CCC#N)C[C@@H](O)[C@H](Cc2ccccc2)NC(=O)O[C@H]2CO[C@H]3OCC[C@H]32)cc1. The number of aliphatic hydroxyl groups excluding tert-OH is 1. The van der Waals surface area contributed by atoms with Gasteiger partial charge in [-0.1, -0.05) is 30.3 Å². The van der Waals surface area contributed by atoms with Gasteiger partial charge < -0.3 is 29.4 Å². The van der Waals surface area contributed by atoms with Crippen molar-refractivity contribution in [3.63, 3.8) is 0 Å². The second kappa shape index (κ2) is 13.2. The number of rotatable bonds is 12. The Morgan fingerprint density at radius 2 is 1.95 bits per heavy atom. The normalized spacial score (nSPS) is 22.1. The molecule has 0 aromatic heterocycles. The molecule has 0 radical (unpaired) electrons. The average molecular weight is 560 g/mol. The molecule has 210 valence electrons. The molecule has 11 nitrogen and oxygen atoms in total. The van der Waals surface area contributed by atoms with Crippen molar-refractivity contribution < 1.29 is 37.3 Å². The molecule has 0 saturated carbocycles. The number of hydrogen-bond acceptors (Lipinski definition) is 9. The van der Waals surface area contributed by atoms with Crippen LogP contribution in [0.3, 0.4) is 0 Å². The first-order chi connectivity index (χ1) is 18.8.